The van der Waals surface area contributed by atoms with Crippen LogP contribution in [0.3, 0.4) is 0 Å². The average molecular weight is 290 g/mol. The molecule has 2 N–H and O–H groups in total. The van der Waals surface area contributed by atoms with Crippen molar-refractivity contribution in [3.05, 3.63) is 0 Å². The molecular formula is C12H18O8. The van der Waals surface area contributed by atoms with Crippen LogP contribution in [0.4, 0.5) is 0 Å². The Bertz CT molecular complexity index is 315. The fraction of sp³-hybridized carbons (Fsp3) is 0.667. The topological polar surface area (TPSA) is 127 Å². The Hall–Kier alpha value is -2.12. The van der Waals surface area contributed by atoms with Gasteiger partial charge in [-0.2, -0.15) is 0 Å². The summed E-state index contributed by atoms with van der Waals surface area (Å²) in [5, 5.41) is 16.7. The van der Waals surface area contributed by atoms with Crippen LogP contribution in [0.1, 0.15) is 51.4 Å². The maximum absolute atomic E-state index is 11.1. The molecule has 0 aliphatic heterocycles. The molecule has 0 rings (SSSR count). The predicted molar refractivity (Wildman–Crippen MR) is 64.4 cm³/mol. The van der Waals surface area contributed by atoms with Gasteiger partial charge in [0, 0.05) is 12.8 Å². The number of rotatable bonds is 10. The van der Waals surface area contributed by atoms with Gasteiger partial charge < -0.3 is 10.2 Å². The predicted octanol–water partition coefficient (Wildman–Crippen LogP) is 1.28. The number of aliphatic carboxylic acids is 2. The van der Waals surface area contributed by atoms with E-state index in [1.807, 2.05) is 0 Å². The van der Waals surface area contributed by atoms with E-state index in [9.17, 15) is 19.2 Å². The molecule has 8 heteroatoms. The van der Waals surface area contributed by atoms with Gasteiger partial charge in [-0.1, -0.05) is 0 Å². The molecule has 0 saturated carbocycles. The minimum absolute atomic E-state index is 0.0282. The first-order valence-electron chi connectivity index (χ1n) is 6.25. The molecule has 0 aromatic rings. The summed E-state index contributed by atoms with van der Waals surface area (Å²) >= 11 is 0. The lowest BCUT2D eigenvalue weighted by Gasteiger charge is -2.02. The van der Waals surface area contributed by atoms with Crippen LogP contribution in [0.15, 0.2) is 0 Å². The van der Waals surface area contributed by atoms with Crippen molar-refractivity contribution in [1.82, 2.24) is 0 Å². The van der Waals surface area contributed by atoms with E-state index in [0.717, 1.165) is 0 Å². The monoisotopic (exact) mass is 290 g/mol. The van der Waals surface area contributed by atoms with Crippen LogP contribution in [0.5, 0.6) is 0 Å². The maximum atomic E-state index is 11.1. The van der Waals surface area contributed by atoms with E-state index in [0.29, 0.717) is 25.7 Å². The highest BCUT2D eigenvalue weighted by Gasteiger charge is 2.10. The molecule has 0 radical (unpaired) electrons. The van der Waals surface area contributed by atoms with Gasteiger partial charge in [0.15, 0.2) is 0 Å². The Kier molecular flexibility index (Phi) is 9.63. The van der Waals surface area contributed by atoms with Gasteiger partial charge in [0.25, 0.3) is 0 Å². The van der Waals surface area contributed by atoms with Crippen molar-refractivity contribution < 1.29 is 39.2 Å². The first-order chi connectivity index (χ1) is 9.41. The van der Waals surface area contributed by atoms with Crippen LogP contribution < -0.4 is 0 Å². The number of unbranched alkanes of at least 4 members (excludes halogenated alkanes) is 2. The molecule has 0 aliphatic rings. The van der Waals surface area contributed by atoms with Crippen LogP contribution in [-0.4, -0.2) is 34.1 Å². The van der Waals surface area contributed by atoms with E-state index in [4.69, 9.17) is 10.2 Å². The van der Waals surface area contributed by atoms with Gasteiger partial charge in [-0.05, 0) is 25.7 Å². The first-order valence-corrected chi connectivity index (χ1v) is 6.25. The minimum atomic E-state index is -0.939. The number of hydrogen-bond donors (Lipinski definition) is 2. The van der Waals surface area contributed by atoms with Crippen molar-refractivity contribution in [2.45, 2.75) is 51.4 Å². The molecule has 0 amide bonds. The van der Waals surface area contributed by atoms with Crippen LogP contribution in [0, 0.1) is 0 Å². The lowest BCUT2D eigenvalue weighted by molar-refractivity contribution is -0.259. The van der Waals surface area contributed by atoms with Crippen LogP contribution >= 0.6 is 0 Å². The summed E-state index contributed by atoms with van der Waals surface area (Å²) in [5.74, 6) is -3.36. The van der Waals surface area contributed by atoms with E-state index < -0.39 is 23.9 Å². The second kappa shape index (κ2) is 10.8. The average Bonchev–Trinajstić information content (AvgIpc) is 2.37. The number of carbonyl (C=O) groups excluding carboxylic acids is 2. The van der Waals surface area contributed by atoms with Crippen molar-refractivity contribution in [2.24, 2.45) is 0 Å². The van der Waals surface area contributed by atoms with Crippen molar-refractivity contribution in [1.29, 1.82) is 0 Å². The van der Waals surface area contributed by atoms with Crippen molar-refractivity contribution in [3.63, 3.8) is 0 Å². The van der Waals surface area contributed by atoms with Crippen molar-refractivity contribution in [2.75, 3.05) is 0 Å². The van der Waals surface area contributed by atoms with Gasteiger partial charge in [0.05, 0.1) is 12.8 Å². The zero-order valence-corrected chi connectivity index (χ0v) is 11.0. The quantitative estimate of drug-likeness (QED) is 0.350. The number of carboxylic acids is 2. The number of carboxylic acid groups (broad SMARTS) is 2. The number of hydrogen-bond acceptors (Lipinski definition) is 6. The standard InChI is InChI=1S/C12H18O8/c13-9(14)5-1-3-7-11(17)19-20-12(18)8-4-2-6-10(15)16/h1-8H2,(H,13,14)(H,15,16). The molecule has 0 heterocycles. The van der Waals surface area contributed by atoms with Gasteiger partial charge in [-0.25, -0.2) is 19.4 Å². The van der Waals surface area contributed by atoms with Gasteiger partial charge in [0.1, 0.15) is 0 Å². The van der Waals surface area contributed by atoms with Crippen molar-refractivity contribution >= 4 is 23.9 Å². The van der Waals surface area contributed by atoms with Crippen LogP contribution in [0.2, 0.25) is 0 Å². The molecule has 0 spiro atoms. The van der Waals surface area contributed by atoms with Crippen LogP contribution in [0.25, 0.3) is 0 Å². The maximum Gasteiger partial charge on any atom is 0.355 e. The molecule has 0 aliphatic carbocycles. The number of carbonyl (C=O) groups is 4. The Morgan fingerprint density at radius 3 is 1.20 bits per heavy atom. The van der Waals surface area contributed by atoms with E-state index in [1.54, 1.807) is 0 Å². The third-order valence-electron chi connectivity index (χ3n) is 2.27. The molecular weight excluding hydrogens is 272 g/mol. The second-order valence-corrected chi connectivity index (χ2v) is 4.11. The lowest BCUT2D eigenvalue weighted by Crippen LogP contribution is -2.11. The molecule has 8 nitrogen and oxygen atoms in total. The zero-order chi connectivity index (χ0) is 15.4. The fourth-order valence-electron chi connectivity index (χ4n) is 1.27. The molecule has 20 heavy (non-hydrogen) atoms. The summed E-state index contributed by atoms with van der Waals surface area (Å²) in [6.45, 7) is 0. The second-order valence-electron chi connectivity index (χ2n) is 4.11. The largest absolute Gasteiger partial charge is 0.481 e. The summed E-state index contributed by atoms with van der Waals surface area (Å²) in [6.07, 6.45) is 1.23. The summed E-state index contributed by atoms with van der Waals surface area (Å²) in [4.78, 5) is 51.1. The molecule has 0 aromatic heterocycles. The first kappa shape index (κ1) is 17.9. The zero-order valence-electron chi connectivity index (χ0n) is 11.0. The molecule has 0 bridgehead atoms. The fourth-order valence-corrected chi connectivity index (χ4v) is 1.27. The summed E-state index contributed by atoms with van der Waals surface area (Å²) in [6, 6.07) is 0. The van der Waals surface area contributed by atoms with Crippen molar-refractivity contribution in [3.8, 4) is 0 Å². The minimum Gasteiger partial charge on any atom is -0.481 e. The normalized spacial score (nSPS) is 9.80. The van der Waals surface area contributed by atoms with Gasteiger partial charge >= 0.3 is 23.9 Å². The highest BCUT2D eigenvalue weighted by atomic mass is 17.2. The molecule has 0 fully saturated rings. The SMILES string of the molecule is O=C(O)CCCCC(=O)OOC(=O)CCCCC(=O)O. The third kappa shape index (κ3) is 12.3. The smallest absolute Gasteiger partial charge is 0.355 e. The highest BCUT2D eigenvalue weighted by molar-refractivity contribution is 5.73. The molecule has 0 unspecified atom stereocenters. The molecule has 0 atom stereocenters. The molecule has 0 aromatic carbocycles. The van der Waals surface area contributed by atoms with E-state index >= 15 is 0 Å². The van der Waals surface area contributed by atoms with Gasteiger partial charge in [-0.15, -0.1) is 0 Å². The highest BCUT2D eigenvalue weighted by Crippen LogP contribution is 2.04. The van der Waals surface area contributed by atoms with Crippen LogP contribution in [-0.2, 0) is 29.0 Å². The van der Waals surface area contributed by atoms with E-state index in [-0.39, 0.29) is 25.7 Å². The Morgan fingerprint density at radius 2 is 0.900 bits per heavy atom. The van der Waals surface area contributed by atoms with E-state index in [1.165, 1.54) is 0 Å². The van der Waals surface area contributed by atoms with E-state index in [2.05, 4.69) is 9.78 Å². The Morgan fingerprint density at radius 1 is 0.600 bits per heavy atom. The Balaban J connectivity index is 3.50. The van der Waals surface area contributed by atoms with Gasteiger partial charge in [0.2, 0.25) is 0 Å². The lowest BCUT2D eigenvalue weighted by atomic mass is 10.2. The Labute approximate surface area is 115 Å². The van der Waals surface area contributed by atoms with Gasteiger partial charge in [-0.3, -0.25) is 9.59 Å². The summed E-state index contributed by atoms with van der Waals surface area (Å²) < 4.78 is 0. The summed E-state index contributed by atoms with van der Waals surface area (Å²) in [5.41, 5.74) is 0. The molecule has 114 valence electrons. The summed E-state index contributed by atoms with van der Waals surface area (Å²) in [7, 11) is 0. The molecule has 0 saturated heterocycles. The third-order valence-corrected chi connectivity index (χ3v) is 2.27.